The number of nitrogens with zero attached hydrogens (tertiary/aromatic N) is 1. The second-order valence-corrected chi connectivity index (χ2v) is 6.06. The molecule has 0 spiro atoms. The van der Waals surface area contributed by atoms with Gasteiger partial charge in [-0.15, -0.1) is 0 Å². The van der Waals surface area contributed by atoms with E-state index >= 15 is 0 Å². The molecular formula is C13H15Cl2NO. The lowest BCUT2D eigenvalue weighted by atomic mass is 10.1. The number of halogens is 2. The molecular weight excluding hydrogens is 257 g/mol. The van der Waals surface area contributed by atoms with Crippen molar-refractivity contribution in [2.75, 3.05) is 11.4 Å². The summed E-state index contributed by atoms with van der Waals surface area (Å²) in [5, 5.41) is 0. The van der Waals surface area contributed by atoms with Gasteiger partial charge in [0.05, 0.1) is 5.69 Å². The number of carbonyl (C=O) groups excluding carboxylic acids is 1. The molecule has 0 saturated carbocycles. The van der Waals surface area contributed by atoms with Crippen LogP contribution < -0.4 is 4.90 Å². The SMILES string of the molecule is CC(C)CCN1C(=O)C(Cl)(Cl)c2ccccc21. The van der Waals surface area contributed by atoms with E-state index in [2.05, 4.69) is 13.8 Å². The summed E-state index contributed by atoms with van der Waals surface area (Å²) in [6, 6.07) is 7.43. The van der Waals surface area contributed by atoms with E-state index in [4.69, 9.17) is 23.2 Å². The number of para-hydroxylation sites is 1. The Balaban J connectivity index is 2.33. The monoisotopic (exact) mass is 271 g/mol. The van der Waals surface area contributed by atoms with Crippen LogP contribution in [0.25, 0.3) is 0 Å². The Bertz CT molecular complexity index is 443. The van der Waals surface area contributed by atoms with E-state index < -0.39 is 4.33 Å². The van der Waals surface area contributed by atoms with Crippen molar-refractivity contribution in [1.29, 1.82) is 0 Å². The number of rotatable bonds is 3. The Hall–Kier alpha value is -0.730. The lowest BCUT2D eigenvalue weighted by Gasteiger charge is -2.19. The zero-order valence-electron chi connectivity index (χ0n) is 9.91. The summed E-state index contributed by atoms with van der Waals surface area (Å²) in [4.78, 5) is 13.8. The van der Waals surface area contributed by atoms with Crippen molar-refractivity contribution in [2.45, 2.75) is 24.6 Å². The molecule has 0 fully saturated rings. The third-order valence-corrected chi connectivity index (χ3v) is 3.71. The number of carbonyl (C=O) groups is 1. The quantitative estimate of drug-likeness (QED) is 0.768. The zero-order valence-corrected chi connectivity index (χ0v) is 11.4. The molecule has 0 N–H and O–H groups in total. The van der Waals surface area contributed by atoms with Gasteiger partial charge in [0.2, 0.25) is 4.33 Å². The van der Waals surface area contributed by atoms with Crippen LogP contribution in [0.3, 0.4) is 0 Å². The van der Waals surface area contributed by atoms with Crippen molar-refractivity contribution >= 4 is 34.8 Å². The van der Waals surface area contributed by atoms with Gasteiger partial charge in [0.25, 0.3) is 5.91 Å². The molecule has 1 aliphatic rings. The molecule has 1 amide bonds. The minimum absolute atomic E-state index is 0.234. The van der Waals surface area contributed by atoms with E-state index in [9.17, 15) is 4.79 Å². The number of alkyl halides is 2. The van der Waals surface area contributed by atoms with Crippen molar-refractivity contribution in [1.82, 2.24) is 0 Å². The number of amides is 1. The molecule has 2 nitrogen and oxygen atoms in total. The minimum Gasteiger partial charge on any atom is -0.309 e. The Morgan fingerprint density at radius 1 is 1.29 bits per heavy atom. The van der Waals surface area contributed by atoms with E-state index in [0.29, 0.717) is 18.0 Å². The average Bonchev–Trinajstić information content (AvgIpc) is 2.47. The molecule has 0 radical (unpaired) electrons. The minimum atomic E-state index is -1.42. The second kappa shape index (κ2) is 4.51. The predicted molar refractivity (Wildman–Crippen MR) is 71.6 cm³/mol. The van der Waals surface area contributed by atoms with Crippen LogP contribution in [-0.4, -0.2) is 12.5 Å². The smallest absolute Gasteiger partial charge is 0.268 e. The third-order valence-electron chi connectivity index (χ3n) is 2.98. The van der Waals surface area contributed by atoms with E-state index in [0.717, 1.165) is 12.1 Å². The summed E-state index contributed by atoms with van der Waals surface area (Å²) in [6.07, 6.45) is 0.934. The number of hydrogen-bond donors (Lipinski definition) is 0. The Morgan fingerprint density at radius 3 is 2.59 bits per heavy atom. The van der Waals surface area contributed by atoms with Crippen LogP contribution in [0, 0.1) is 5.92 Å². The highest BCUT2D eigenvalue weighted by Gasteiger charge is 2.48. The fourth-order valence-corrected chi connectivity index (χ4v) is 2.50. The van der Waals surface area contributed by atoms with E-state index in [1.807, 2.05) is 24.3 Å². The van der Waals surface area contributed by atoms with Gasteiger partial charge in [0.15, 0.2) is 0 Å². The molecule has 0 saturated heterocycles. The summed E-state index contributed by atoms with van der Waals surface area (Å²) in [6.45, 7) is 4.91. The van der Waals surface area contributed by atoms with Gasteiger partial charge in [-0.1, -0.05) is 55.2 Å². The fourth-order valence-electron chi connectivity index (χ4n) is 1.98. The Morgan fingerprint density at radius 2 is 1.94 bits per heavy atom. The van der Waals surface area contributed by atoms with Gasteiger partial charge in [-0.3, -0.25) is 4.79 Å². The summed E-state index contributed by atoms with van der Waals surface area (Å²) >= 11 is 12.3. The predicted octanol–water partition coefficient (Wildman–Crippen LogP) is 3.71. The van der Waals surface area contributed by atoms with Gasteiger partial charge in [0, 0.05) is 12.1 Å². The standard InChI is InChI=1S/C13H15Cl2NO/c1-9(2)7-8-16-11-6-4-3-5-10(11)13(14,15)12(16)17/h3-6,9H,7-8H2,1-2H3. The first-order valence-electron chi connectivity index (χ1n) is 5.74. The molecule has 0 bridgehead atoms. The summed E-state index contributed by atoms with van der Waals surface area (Å²) in [5.41, 5.74) is 1.53. The largest absolute Gasteiger partial charge is 0.309 e. The molecule has 1 aromatic rings. The van der Waals surface area contributed by atoms with Crippen LogP contribution in [0.4, 0.5) is 5.69 Å². The maximum absolute atomic E-state index is 12.2. The third kappa shape index (κ3) is 2.16. The fraction of sp³-hybridized carbons (Fsp3) is 0.462. The summed E-state index contributed by atoms with van der Waals surface area (Å²) < 4.78 is -1.42. The van der Waals surface area contributed by atoms with Crippen LogP contribution in [0.2, 0.25) is 0 Å². The van der Waals surface area contributed by atoms with Crippen LogP contribution >= 0.6 is 23.2 Å². The number of benzene rings is 1. The molecule has 0 atom stereocenters. The molecule has 0 unspecified atom stereocenters. The normalized spacial score (nSPS) is 17.7. The summed E-state index contributed by atoms with van der Waals surface area (Å²) in [7, 11) is 0. The first kappa shape index (κ1) is 12.7. The molecule has 2 rings (SSSR count). The molecule has 17 heavy (non-hydrogen) atoms. The molecule has 0 aromatic heterocycles. The highest BCUT2D eigenvalue weighted by molar-refractivity contribution is 6.60. The van der Waals surface area contributed by atoms with Crippen molar-refractivity contribution in [2.24, 2.45) is 5.92 Å². The molecule has 0 aliphatic carbocycles. The van der Waals surface area contributed by atoms with E-state index in [1.54, 1.807) is 4.90 Å². The number of fused-ring (bicyclic) bond motifs is 1. The maximum atomic E-state index is 12.2. The van der Waals surface area contributed by atoms with Crippen LogP contribution in [0.1, 0.15) is 25.8 Å². The van der Waals surface area contributed by atoms with Crippen molar-refractivity contribution < 1.29 is 4.79 Å². The first-order valence-corrected chi connectivity index (χ1v) is 6.49. The van der Waals surface area contributed by atoms with E-state index in [-0.39, 0.29) is 5.91 Å². The lowest BCUT2D eigenvalue weighted by molar-refractivity contribution is -0.118. The molecule has 1 heterocycles. The van der Waals surface area contributed by atoms with Crippen molar-refractivity contribution in [3.8, 4) is 0 Å². The summed E-state index contributed by atoms with van der Waals surface area (Å²) in [5.74, 6) is 0.304. The molecule has 4 heteroatoms. The van der Waals surface area contributed by atoms with Crippen LogP contribution in [0.5, 0.6) is 0 Å². The second-order valence-electron chi connectivity index (χ2n) is 4.73. The number of hydrogen-bond acceptors (Lipinski definition) is 1. The topological polar surface area (TPSA) is 20.3 Å². The average molecular weight is 272 g/mol. The Labute approximate surface area is 112 Å². The Kier molecular flexibility index (Phi) is 3.37. The van der Waals surface area contributed by atoms with Gasteiger partial charge in [-0.05, 0) is 18.4 Å². The van der Waals surface area contributed by atoms with Gasteiger partial charge < -0.3 is 4.90 Å². The van der Waals surface area contributed by atoms with Gasteiger partial charge in [0.1, 0.15) is 0 Å². The molecule has 1 aromatic carbocycles. The lowest BCUT2D eigenvalue weighted by Crippen LogP contribution is -2.34. The molecule has 1 aliphatic heterocycles. The van der Waals surface area contributed by atoms with Gasteiger partial charge in [-0.2, -0.15) is 0 Å². The zero-order chi connectivity index (χ0) is 12.6. The maximum Gasteiger partial charge on any atom is 0.268 e. The van der Waals surface area contributed by atoms with Crippen molar-refractivity contribution in [3.63, 3.8) is 0 Å². The number of anilines is 1. The van der Waals surface area contributed by atoms with E-state index in [1.165, 1.54) is 0 Å². The highest BCUT2D eigenvalue weighted by Crippen LogP contribution is 2.47. The highest BCUT2D eigenvalue weighted by atomic mass is 35.5. The van der Waals surface area contributed by atoms with Gasteiger partial charge >= 0.3 is 0 Å². The van der Waals surface area contributed by atoms with Gasteiger partial charge in [-0.25, -0.2) is 0 Å². The molecule has 92 valence electrons. The van der Waals surface area contributed by atoms with Crippen LogP contribution in [0.15, 0.2) is 24.3 Å². The first-order chi connectivity index (χ1) is 7.94. The van der Waals surface area contributed by atoms with Crippen molar-refractivity contribution in [3.05, 3.63) is 29.8 Å². The van der Waals surface area contributed by atoms with Crippen LogP contribution in [-0.2, 0) is 9.13 Å².